The van der Waals surface area contributed by atoms with Crippen LogP contribution in [0.15, 0.2) is 70.8 Å². The number of pyridine rings is 1. The molecule has 0 aliphatic rings. The predicted molar refractivity (Wildman–Crippen MR) is 109 cm³/mol. The first kappa shape index (κ1) is 17.9. The molecule has 26 heavy (non-hydrogen) atoms. The van der Waals surface area contributed by atoms with Gasteiger partial charge >= 0.3 is 0 Å². The summed E-state index contributed by atoms with van der Waals surface area (Å²) in [6, 6.07) is 19.8. The Morgan fingerprint density at radius 3 is 2.65 bits per heavy atom. The lowest BCUT2D eigenvalue weighted by atomic mass is 10.2. The van der Waals surface area contributed by atoms with E-state index in [2.05, 4.69) is 15.5 Å². The van der Waals surface area contributed by atoms with E-state index < -0.39 is 0 Å². The topological polar surface area (TPSA) is 57.6 Å². The van der Waals surface area contributed by atoms with Gasteiger partial charge in [0, 0.05) is 25.2 Å². The van der Waals surface area contributed by atoms with E-state index in [0.29, 0.717) is 0 Å². The number of rotatable bonds is 6. The Labute approximate surface area is 157 Å². The van der Waals surface area contributed by atoms with Crippen LogP contribution in [0.2, 0.25) is 0 Å². The summed E-state index contributed by atoms with van der Waals surface area (Å²) >= 11 is 1.39. The van der Waals surface area contributed by atoms with Gasteiger partial charge in [0.2, 0.25) is 5.91 Å². The average molecular weight is 364 g/mol. The zero-order valence-corrected chi connectivity index (χ0v) is 15.5. The summed E-state index contributed by atoms with van der Waals surface area (Å²) < 4.78 is 0. The van der Waals surface area contributed by atoms with Gasteiger partial charge < -0.3 is 4.90 Å². The van der Waals surface area contributed by atoms with Crippen molar-refractivity contribution in [2.24, 2.45) is 5.10 Å². The zero-order valence-electron chi connectivity index (χ0n) is 14.7. The third kappa shape index (κ3) is 4.83. The molecule has 0 fully saturated rings. The molecule has 0 unspecified atom stereocenters. The van der Waals surface area contributed by atoms with Crippen molar-refractivity contribution >= 4 is 40.5 Å². The molecule has 0 atom stereocenters. The van der Waals surface area contributed by atoms with Crippen molar-refractivity contribution in [1.29, 1.82) is 0 Å². The number of hydrogen-bond acceptors (Lipinski definition) is 5. The molecule has 1 amide bonds. The minimum Gasteiger partial charge on any atom is -0.378 e. The third-order valence-corrected chi connectivity index (χ3v) is 4.67. The summed E-state index contributed by atoms with van der Waals surface area (Å²) in [6.45, 7) is 0. The number of benzene rings is 2. The van der Waals surface area contributed by atoms with Crippen molar-refractivity contribution in [1.82, 2.24) is 10.4 Å². The second-order valence-corrected chi connectivity index (χ2v) is 6.91. The summed E-state index contributed by atoms with van der Waals surface area (Å²) in [4.78, 5) is 18.5. The van der Waals surface area contributed by atoms with Crippen molar-refractivity contribution in [2.45, 2.75) is 5.03 Å². The second kappa shape index (κ2) is 8.49. The van der Waals surface area contributed by atoms with Gasteiger partial charge in [-0.05, 0) is 29.8 Å². The number of nitrogens with zero attached hydrogens (tertiary/aromatic N) is 3. The van der Waals surface area contributed by atoms with Gasteiger partial charge in [0.05, 0.1) is 22.5 Å². The summed E-state index contributed by atoms with van der Waals surface area (Å²) in [5, 5.41) is 5.92. The number of carbonyl (C=O) groups is 1. The minimum absolute atomic E-state index is 0.161. The number of hydrazone groups is 1. The van der Waals surface area contributed by atoms with Crippen LogP contribution in [0.3, 0.4) is 0 Å². The Kier molecular flexibility index (Phi) is 5.86. The van der Waals surface area contributed by atoms with Crippen LogP contribution in [0.25, 0.3) is 10.9 Å². The number of nitrogens with one attached hydrogen (secondary N) is 1. The third-order valence-electron chi connectivity index (χ3n) is 3.74. The van der Waals surface area contributed by atoms with Crippen molar-refractivity contribution in [3.05, 3.63) is 66.2 Å². The van der Waals surface area contributed by atoms with Crippen molar-refractivity contribution < 1.29 is 4.79 Å². The van der Waals surface area contributed by atoms with Gasteiger partial charge in [-0.1, -0.05) is 48.2 Å². The standard InChI is InChI=1S/C20H20N4OS/c1-24(2)17-10-7-15(8-11-17)13-21-23-19(25)14-26-20-12-9-16-5-3-4-6-18(16)22-20/h3-13H,14H2,1-2H3,(H,23,25)/b21-13-. The van der Waals surface area contributed by atoms with E-state index in [1.165, 1.54) is 11.8 Å². The first-order valence-electron chi connectivity index (χ1n) is 8.20. The minimum atomic E-state index is -0.161. The molecular weight excluding hydrogens is 344 g/mol. The van der Waals surface area contributed by atoms with Crippen LogP contribution in [-0.2, 0) is 4.79 Å². The number of fused-ring (bicyclic) bond motifs is 1. The normalized spacial score (nSPS) is 11.0. The summed E-state index contributed by atoms with van der Waals surface area (Å²) in [6.07, 6.45) is 1.64. The summed E-state index contributed by atoms with van der Waals surface area (Å²) in [7, 11) is 3.98. The Balaban J connectivity index is 1.50. The quantitative estimate of drug-likeness (QED) is 0.413. The maximum absolute atomic E-state index is 11.9. The van der Waals surface area contributed by atoms with E-state index in [9.17, 15) is 4.79 Å². The zero-order chi connectivity index (χ0) is 18.4. The van der Waals surface area contributed by atoms with E-state index in [0.717, 1.165) is 27.2 Å². The van der Waals surface area contributed by atoms with Gasteiger partial charge in [-0.25, -0.2) is 10.4 Å². The van der Waals surface area contributed by atoms with E-state index in [4.69, 9.17) is 0 Å². The molecule has 5 nitrogen and oxygen atoms in total. The molecule has 1 aromatic heterocycles. The Bertz CT molecular complexity index is 923. The molecule has 2 aromatic carbocycles. The number of para-hydroxylation sites is 1. The van der Waals surface area contributed by atoms with E-state index in [-0.39, 0.29) is 11.7 Å². The highest BCUT2D eigenvalue weighted by atomic mass is 32.2. The van der Waals surface area contributed by atoms with Crippen molar-refractivity contribution in [3.63, 3.8) is 0 Å². The first-order chi connectivity index (χ1) is 12.6. The maximum atomic E-state index is 11.9. The molecule has 0 aliphatic heterocycles. The fraction of sp³-hybridized carbons (Fsp3) is 0.150. The monoisotopic (exact) mass is 364 g/mol. The van der Waals surface area contributed by atoms with Crippen molar-refractivity contribution in [3.8, 4) is 0 Å². The van der Waals surface area contributed by atoms with Crippen LogP contribution in [0.4, 0.5) is 5.69 Å². The largest absolute Gasteiger partial charge is 0.378 e. The number of aromatic nitrogens is 1. The molecule has 1 N–H and O–H groups in total. The molecule has 0 saturated heterocycles. The van der Waals surface area contributed by atoms with Gasteiger partial charge in [0.1, 0.15) is 0 Å². The van der Waals surface area contributed by atoms with Crippen LogP contribution in [0, 0.1) is 0 Å². The Hall–Kier alpha value is -2.86. The van der Waals surface area contributed by atoms with Crippen LogP contribution in [-0.4, -0.2) is 37.0 Å². The van der Waals surface area contributed by atoms with Gasteiger partial charge in [-0.3, -0.25) is 4.79 Å². The highest BCUT2D eigenvalue weighted by Crippen LogP contribution is 2.19. The number of hydrogen-bond donors (Lipinski definition) is 1. The maximum Gasteiger partial charge on any atom is 0.250 e. The highest BCUT2D eigenvalue weighted by molar-refractivity contribution is 7.99. The summed E-state index contributed by atoms with van der Waals surface area (Å²) in [5.41, 5.74) is 5.52. The van der Waals surface area contributed by atoms with Crippen LogP contribution >= 0.6 is 11.8 Å². The predicted octanol–water partition coefficient (Wildman–Crippen LogP) is 3.54. The molecule has 0 spiro atoms. The Morgan fingerprint density at radius 2 is 1.88 bits per heavy atom. The molecule has 3 aromatic rings. The van der Waals surface area contributed by atoms with E-state index >= 15 is 0 Å². The number of anilines is 1. The van der Waals surface area contributed by atoms with E-state index in [1.54, 1.807) is 6.21 Å². The molecule has 0 aliphatic carbocycles. The fourth-order valence-electron chi connectivity index (χ4n) is 2.34. The second-order valence-electron chi connectivity index (χ2n) is 5.91. The first-order valence-corrected chi connectivity index (χ1v) is 9.18. The molecule has 0 radical (unpaired) electrons. The molecule has 3 rings (SSSR count). The van der Waals surface area contributed by atoms with Crippen molar-refractivity contribution in [2.75, 3.05) is 24.7 Å². The fourth-order valence-corrected chi connectivity index (χ4v) is 3.01. The van der Waals surface area contributed by atoms with Gasteiger partial charge in [-0.2, -0.15) is 5.10 Å². The SMILES string of the molecule is CN(C)c1ccc(/C=N\NC(=O)CSc2ccc3ccccc3n2)cc1. The molecule has 0 bridgehead atoms. The number of carbonyl (C=O) groups excluding carboxylic acids is 1. The summed E-state index contributed by atoms with van der Waals surface area (Å²) in [5.74, 6) is 0.105. The molecule has 132 valence electrons. The van der Waals surface area contributed by atoms with Gasteiger partial charge in [-0.15, -0.1) is 0 Å². The van der Waals surface area contributed by atoms with Gasteiger partial charge in [0.25, 0.3) is 0 Å². The molecular formula is C20H20N4OS. The average Bonchev–Trinajstić information content (AvgIpc) is 2.66. The van der Waals surface area contributed by atoms with Crippen LogP contribution < -0.4 is 10.3 Å². The number of amides is 1. The van der Waals surface area contributed by atoms with Gasteiger partial charge in [0.15, 0.2) is 0 Å². The van der Waals surface area contributed by atoms with Crippen LogP contribution in [0.1, 0.15) is 5.56 Å². The number of thioether (sulfide) groups is 1. The lowest BCUT2D eigenvalue weighted by molar-refractivity contribution is -0.118. The smallest absolute Gasteiger partial charge is 0.250 e. The lowest BCUT2D eigenvalue weighted by Gasteiger charge is -2.11. The molecule has 1 heterocycles. The van der Waals surface area contributed by atoms with Crippen LogP contribution in [0.5, 0.6) is 0 Å². The lowest BCUT2D eigenvalue weighted by Crippen LogP contribution is -2.19. The molecule has 0 saturated carbocycles. The molecule has 6 heteroatoms. The van der Waals surface area contributed by atoms with E-state index in [1.807, 2.05) is 79.7 Å². The highest BCUT2D eigenvalue weighted by Gasteiger charge is 2.04. The Morgan fingerprint density at radius 1 is 1.12 bits per heavy atom.